The van der Waals surface area contributed by atoms with Crippen LogP contribution in [-0.4, -0.2) is 23.0 Å². The van der Waals surface area contributed by atoms with Crippen molar-refractivity contribution >= 4 is 18.0 Å². The molecule has 19 heavy (non-hydrogen) atoms. The SMILES string of the molecule is CC(C)CC(NC(=O)C=Cc1ccccc1)C(=O)O. The Labute approximate surface area is 113 Å². The second-order valence-electron chi connectivity index (χ2n) is 4.77. The number of carboxylic acids is 1. The van der Waals surface area contributed by atoms with Gasteiger partial charge in [0.25, 0.3) is 0 Å². The summed E-state index contributed by atoms with van der Waals surface area (Å²) in [6, 6.07) is 8.53. The van der Waals surface area contributed by atoms with E-state index in [1.54, 1.807) is 6.08 Å². The van der Waals surface area contributed by atoms with Crippen LogP contribution in [0.15, 0.2) is 36.4 Å². The highest BCUT2D eigenvalue weighted by Gasteiger charge is 2.19. The summed E-state index contributed by atoms with van der Waals surface area (Å²) in [5.41, 5.74) is 0.897. The summed E-state index contributed by atoms with van der Waals surface area (Å²) in [6.07, 6.45) is 3.43. The molecule has 0 aromatic heterocycles. The van der Waals surface area contributed by atoms with E-state index in [1.807, 2.05) is 44.2 Å². The van der Waals surface area contributed by atoms with Crippen LogP contribution in [0.25, 0.3) is 6.08 Å². The molecule has 0 fully saturated rings. The molecule has 0 heterocycles. The van der Waals surface area contributed by atoms with Gasteiger partial charge in [0, 0.05) is 6.08 Å². The van der Waals surface area contributed by atoms with Crippen molar-refractivity contribution in [1.82, 2.24) is 5.32 Å². The molecule has 0 spiro atoms. The molecule has 4 nitrogen and oxygen atoms in total. The number of aliphatic carboxylic acids is 1. The van der Waals surface area contributed by atoms with Crippen LogP contribution in [0.3, 0.4) is 0 Å². The molecule has 102 valence electrons. The molecular weight excluding hydrogens is 242 g/mol. The number of nitrogens with one attached hydrogen (secondary N) is 1. The molecule has 0 saturated carbocycles. The number of benzene rings is 1. The lowest BCUT2D eigenvalue weighted by atomic mass is 10.0. The average molecular weight is 261 g/mol. The van der Waals surface area contributed by atoms with E-state index < -0.39 is 17.9 Å². The fourth-order valence-electron chi connectivity index (χ4n) is 1.65. The lowest BCUT2D eigenvalue weighted by Gasteiger charge is -2.15. The molecule has 2 N–H and O–H groups in total. The molecule has 0 aliphatic heterocycles. The van der Waals surface area contributed by atoms with Crippen molar-refractivity contribution in [1.29, 1.82) is 0 Å². The standard InChI is InChI=1S/C15H19NO3/c1-11(2)10-13(15(18)19)16-14(17)9-8-12-6-4-3-5-7-12/h3-9,11,13H,10H2,1-2H3,(H,16,17)(H,18,19). The molecule has 1 atom stereocenters. The van der Waals surface area contributed by atoms with E-state index in [-0.39, 0.29) is 5.92 Å². The summed E-state index contributed by atoms with van der Waals surface area (Å²) in [5.74, 6) is -1.19. The zero-order valence-corrected chi connectivity index (χ0v) is 11.2. The van der Waals surface area contributed by atoms with Crippen LogP contribution < -0.4 is 5.32 Å². The first kappa shape index (κ1) is 15.0. The predicted octanol–water partition coefficient (Wildman–Crippen LogP) is 2.32. The third kappa shape index (κ3) is 5.86. The molecule has 0 radical (unpaired) electrons. The van der Waals surface area contributed by atoms with Gasteiger partial charge in [0.05, 0.1) is 0 Å². The molecule has 1 aromatic carbocycles. The maximum Gasteiger partial charge on any atom is 0.326 e. The Morgan fingerprint density at radius 2 is 1.89 bits per heavy atom. The van der Waals surface area contributed by atoms with Crippen LogP contribution in [0.5, 0.6) is 0 Å². The summed E-state index contributed by atoms with van der Waals surface area (Å²) >= 11 is 0. The Hall–Kier alpha value is -2.10. The van der Waals surface area contributed by atoms with Gasteiger partial charge in [-0.05, 0) is 24.0 Å². The highest BCUT2D eigenvalue weighted by atomic mass is 16.4. The zero-order chi connectivity index (χ0) is 14.3. The largest absolute Gasteiger partial charge is 0.480 e. The van der Waals surface area contributed by atoms with Crippen molar-refractivity contribution in [2.24, 2.45) is 5.92 Å². The predicted molar refractivity (Wildman–Crippen MR) is 74.5 cm³/mol. The molecule has 1 rings (SSSR count). The van der Waals surface area contributed by atoms with E-state index in [1.165, 1.54) is 6.08 Å². The van der Waals surface area contributed by atoms with E-state index in [0.29, 0.717) is 6.42 Å². The second kappa shape index (κ2) is 7.36. The first-order valence-electron chi connectivity index (χ1n) is 6.25. The first-order valence-corrected chi connectivity index (χ1v) is 6.25. The Kier molecular flexibility index (Phi) is 5.79. The minimum Gasteiger partial charge on any atom is -0.480 e. The number of rotatable bonds is 6. The summed E-state index contributed by atoms with van der Waals surface area (Å²) < 4.78 is 0. The molecule has 4 heteroatoms. The molecule has 0 aliphatic rings. The van der Waals surface area contributed by atoms with E-state index in [2.05, 4.69) is 5.32 Å². The quantitative estimate of drug-likeness (QED) is 0.772. The minimum atomic E-state index is -1.00. The Balaban J connectivity index is 2.58. The van der Waals surface area contributed by atoms with Crippen molar-refractivity contribution in [3.8, 4) is 0 Å². The van der Waals surface area contributed by atoms with E-state index in [4.69, 9.17) is 5.11 Å². The van der Waals surface area contributed by atoms with Gasteiger partial charge in [-0.15, -0.1) is 0 Å². The lowest BCUT2D eigenvalue weighted by molar-refractivity contribution is -0.141. The van der Waals surface area contributed by atoms with Crippen LogP contribution in [0.1, 0.15) is 25.8 Å². The molecular formula is C15H19NO3. The van der Waals surface area contributed by atoms with Gasteiger partial charge < -0.3 is 10.4 Å². The summed E-state index contributed by atoms with van der Waals surface area (Å²) in [7, 11) is 0. The molecule has 0 bridgehead atoms. The highest BCUT2D eigenvalue weighted by Crippen LogP contribution is 2.05. The molecule has 1 aromatic rings. The van der Waals surface area contributed by atoms with Crippen LogP contribution in [0.4, 0.5) is 0 Å². The van der Waals surface area contributed by atoms with E-state index in [9.17, 15) is 9.59 Å². The topological polar surface area (TPSA) is 66.4 Å². The number of amides is 1. The van der Waals surface area contributed by atoms with Crippen molar-refractivity contribution in [2.45, 2.75) is 26.3 Å². The summed E-state index contributed by atoms with van der Waals surface area (Å²) in [4.78, 5) is 22.7. The van der Waals surface area contributed by atoms with Gasteiger partial charge in [0.1, 0.15) is 6.04 Å². The lowest BCUT2D eigenvalue weighted by Crippen LogP contribution is -2.40. The number of carbonyl (C=O) groups excluding carboxylic acids is 1. The normalized spacial score (nSPS) is 12.6. The van der Waals surface area contributed by atoms with Crippen LogP contribution in [0.2, 0.25) is 0 Å². The van der Waals surface area contributed by atoms with Gasteiger partial charge in [-0.25, -0.2) is 4.79 Å². The Morgan fingerprint density at radius 3 is 2.42 bits per heavy atom. The van der Waals surface area contributed by atoms with E-state index >= 15 is 0 Å². The average Bonchev–Trinajstić information content (AvgIpc) is 2.36. The third-order valence-electron chi connectivity index (χ3n) is 2.55. The van der Waals surface area contributed by atoms with Gasteiger partial charge in [0.2, 0.25) is 5.91 Å². The van der Waals surface area contributed by atoms with Crippen molar-refractivity contribution < 1.29 is 14.7 Å². The first-order chi connectivity index (χ1) is 8.99. The van der Waals surface area contributed by atoms with Crippen molar-refractivity contribution in [2.75, 3.05) is 0 Å². The van der Waals surface area contributed by atoms with Crippen LogP contribution >= 0.6 is 0 Å². The third-order valence-corrected chi connectivity index (χ3v) is 2.55. The second-order valence-corrected chi connectivity index (χ2v) is 4.77. The van der Waals surface area contributed by atoms with Gasteiger partial charge in [0.15, 0.2) is 0 Å². The fourth-order valence-corrected chi connectivity index (χ4v) is 1.65. The van der Waals surface area contributed by atoms with Crippen LogP contribution in [0, 0.1) is 5.92 Å². The van der Waals surface area contributed by atoms with Crippen LogP contribution in [-0.2, 0) is 9.59 Å². The van der Waals surface area contributed by atoms with Crippen molar-refractivity contribution in [3.05, 3.63) is 42.0 Å². The summed E-state index contributed by atoms with van der Waals surface area (Å²) in [5, 5.41) is 11.5. The van der Waals surface area contributed by atoms with Gasteiger partial charge in [-0.1, -0.05) is 44.2 Å². The number of carbonyl (C=O) groups is 2. The van der Waals surface area contributed by atoms with E-state index in [0.717, 1.165) is 5.56 Å². The number of hydrogen-bond acceptors (Lipinski definition) is 2. The fraction of sp³-hybridized carbons (Fsp3) is 0.333. The maximum atomic E-state index is 11.7. The Bertz CT molecular complexity index is 452. The molecule has 0 aliphatic carbocycles. The van der Waals surface area contributed by atoms with Gasteiger partial charge >= 0.3 is 5.97 Å². The maximum absolute atomic E-state index is 11.7. The minimum absolute atomic E-state index is 0.208. The number of carboxylic acid groups (broad SMARTS) is 1. The molecule has 1 amide bonds. The highest BCUT2D eigenvalue weighted by molar-refractivity contribution is 5.94. The van der Waals surface area contributed by atoms with Crippen molar-refractivity contribution in [3.63, 3.8) is 0 Å². The molecule has 1 unspecified atom stereocenters. The monoisotopic (exact) mass is 261 g/mol. The zero-order valence-electron chi connectivity index (χ0n) is 11.2. The summed E-state index contributed by atoms with van der Waals surface area (Å²) in [6.45, 7) is 3.84. The van der Waals surface area contributed by atoms with Gasteiger partial charge in [-0.3, -0.25) is 4.79 Å². The molecule has 0 saturated heterocycles. The Morgan fingerprint density at radius 1 is 1.26 bits per heavy atom. The smallest absolute Gasteiger partial charge is 0.326 e. The van der Waals surface area contributed by atoms with Gasteiger partial charge in [-0.2, -0.15) is 0 Å². The number of hydrogen-bond donors (Lipinski definition) is 2.